The molecule has 1 aliphatic heterocycles. The fourth-order valence-electron chi connectivity index (χ4n) is 3.15. The summed E-state index contributed by atoms with van der Waals surface area (Å²) in [7, 11) is 2.97. The summed E-state index contributed by atoms with van der Waals surface area (Å²) in [6.07, 6.45) is 0. The van der Waals surface area contributed by atoms with E-state index in [0.717, 1.165) is 0 Å². The van der Waals surface area contributed by atoms with Crippen LogP contribution in [-0.4, -0.2) is 41.1 Å². The Bertz CT molecular complexity index is 867. The van der Waals surface area contributed by atoms with Crippen LogP contribution < -0.4 is 15.2 Å². The summed E-state index contributed by atoms with van der Waals surface area (Å²) in [5, 5.41) is 13.7. The van der Waals surface area contributed by atoms with Gasteiger partial charge in [0.05, 0.1) is 13.0 Å². The average molecular weight is 347 g/mol. The van der Waals surface area contributed by atoms with E-state index in [-0.39, 0.29) is 12.1 Å². The Morgan fingerprint density at radius 3 is 2.68 bits per heavy atom. The van der Waals surface area contributed by atoms with E-state index in [0.29, 0.717) is 23.7 Å². The van der Waals surface area contributed by atoms with Gasteiger partial charge < -0.3 is 14.7 Å². The predicted octanol–water partition coefficient (Wildman–Crippen LogP) is 1.23. The summed E-state index contributed by atoms with van der Waals surface area (Å²) >= 11 is 0. The maximum Gasteiger partial charge on any atom is 0.308 e. The number of anilines is 1. The summed E-state index contributed by atoms with van der Waals surface area (Å²) in [6, 6.07) is 7.35. The highest BCUT2D eigenvalue weighted by Crippen LogP contribution is 2.36. The quantitative estimate of drug-likeness (QED) is 0.896. The van der Waals surface area contributed by atoms with Gasteiger partial charge in [-0.1, -0.05) is 6.07 Å². The van der Waals surface area contributed by atoms with Crippen LogP contribution in [0, 0.1) is 11.7 Å². The number of aryl methyl sites for hydroxylation is 1. The fourth-order valence-corrected chi connectivity index (χ4v) is 3.15. The first-order valence-corrected chi connectivity index (χ1v) is 7.76. The van der Waals surface area contributed by atoms with Crippen LogP contribution in [0.4, 0.5) is 10.2 Å². The number of aromatic nitrogens is 2. The van der Waals surface area contributed by atoms with Crippen molar-refractivity contribution in [3.8, 4) is 5.75 Å². The summed E-state index contributed by atoms with van der Waals surface area (Å²) in [6.45, 7) is 0.488. The van der Waals surface area contributed by atoms with Crippen molar-refractivity contribution in [2.75, 3.05) is 25.1 Å². The molecule has 2 atom stereocenters. The monoisotopic (exact) mass is 347 g/mol. The molecule has 8 heteroatoms. The van der Waals surface area contributed by atoms with E-state index in [1.54, 1.807) is 23.1 Å². The first-order chi connectivity index (χ1) is 11.9. The van der Waals surface area contributed by atoms with Crippen LogP contribution in [0.15, 0.2) is 35.1 Å². The van der Waals surface area contributed by atoms with E-state index in [2.05, 4.69) is 5.10 Å². The van der Waals surface area contributed by atoms with Gasteiger partial charge in [-0.2, -0.15) is 5.10 Å². The van der Waals surface area contributed by atoms with E-state index in [1.807, 2.05) is 0 Å². The van der Waals surface area contributed by atoms with Gasteiger partial charge in [-0.05, 0) is 17.7 Å². The molecule has 0 amide bonds. The first kappa shape index (κ1) is 16.9. The molecule has 0 saturated carbocycles. The molecular formula is C17H18FN3O4. The van der Waals surface area contributed by atoms with E-state index in [4.69, 9.17) is 4.74 Å². The van der Waals surface area contributed by atoms with Crippen molar-refractivity contribution in [1.82, 2.24) is 9.78 Å². The third-order valence-electron chi connectivity index (χ3n) is 4.51. The van der Waals surface area contributed by atoms with Gasteiger partial charge in [-0.3, -0.25) is 9.59 Å². The number of rotatable bonds is 4. The zero-order valence-electron chi connectivity index (χ0n) is 13.8. The second kappa shape index (κ2) is 6.54. The molecule has 0 spiro atoms. The summed E-state index contributed by atoms with van der Waals surface area (Å²) in [5.74, 6) is -1.92. The molecule has 3 rings (SSSR count). The molecule has 0 radical (unpaired) electrons. The molecule has 1 fully saturated rings. The van der Waals surface area contributed by atoms with Gasteiger partial charge in [0.15, 0.2) is 0 Å². The number of hydrogen-bond acceptors (Lipinski definition) is 5. The van der Waals surface area contributed by atoms with Crippen molar-refractivity contribution in [3.05, 3.63) is 52.1 Å². The number of carbonyl (C=O) groups is 1. The van der Waals surface area contributed by atoms with Crippen LogP contribution in [0.3, 0.4) is 0 Å². The van der Waals surface area contributed by atoms with Crippen LogP contribution >= 0.6 is 0 Å². The second-order valence-corrected chi connectivity index (χ2v) is 6.00. The van der Waals surface area contributed by atoms with Crippen molar-refractivity contribution in [2.45, 2.75) is 5.92 Å². The minimum absolute atomic E-state index is 0.191. The molecule has 1 N–H and O–H groups in total. The molecule has 0 aliphatic carbocycles. The highest BCUT2D eigenvalue weighted by atomic mass is 19.1. The summed E-state index contributed by atoms with van der Waals surface area (Å²) < 4.78 is 20.6. The minimum Gasteiger partial charge on any atom is -0.497 e. The van der Waals surface area contributed by atoms with Gasteiger partial charge in [0.1, 0.15) is 17.4 Å². The number of nitrogens with zero attached hydrogens (tertiary/aromatic N) is 3. The average Bonchev–Trinajstić information content (AvgIpc) is 3.02. The van der Waals surface area contributed by atoms with E-state index >= 15 is 0 Å². The Balaban J connectivity index is 1.94. The molecule has 25 heavy (non-hydrogen) atoms. The maximum atomic E-state index is 14.4. The molecule has 1 saturated heterocycles. The van der Waals surface area contributed by atoms with E-state index < -0.39 is 23.6 Å². The number of aliphatic carboxylic acids is 1. The maximum absolute atomic E-state index is 14.4. The van der Waals surface area contributed by atoms with Gasteiger partial charge in [-0.25, -0.2) is 9.07 Å². The van der Waals surface area contributed by atoms with Crippen LogP contribution in [0.25, 0.3) is 0 Å². The Morgan fingerprint density at radius 2 is 2.08 bits per heavy atom. The zero-order valence-corrected chi connectivity index (χ0v) is 13.8. The number of hydrogen-bond donors (Lipinski definition) is 1. The lowest BCUT2D eigenvalue weighted by molar-refractivity contribution is -0.141. The molecule has 1 unspecified atom stereocenters. The third-order valence-corrected chi connectivity index (χ3v) is 4.51. The summed E-state index contributed by atoms with van der Waals surface area (Å²) in [4.78, 5) is 24.9. The standard InChI is InChI=1S/C17H18FN3O4/c1-20-16(22)6-5-15(19-20)21-8-12(13(9-21)17(23)24)11-4-3-10(25-2)7-14(11)18/h3-7,12-13H,8-9H2,1-2H3,(H,23,24)/t12-,13?/m0/s1. The van der Waals surface area contributed by atoms with Crippen LogP contribution in [0.5, 0.6) is 5.75 Å². The number of benzene rings is 1. The van der Waals surface area contributed by atoms with Crippen molar-refractivity contribution in [2.24, 2.45) is 13.0 Å². The van der Waals surface area contributed by atoms with Crippen molar-refractivity contribution in [3.63, 3.8) is 0 Å². The van der Waals surface area contributed by atoms with Gasteiger partial charge in [0.25, 0.3) is 5.56 Å². The molecule has 2 heterocycles. The Morgan fingerprint density at radius 1 is 1.32 bits per heavy atom. The smallest absolute Gasteiger partial charge is 0.308 e. The summed E-state index contributed by atoms with van der Waals surface area (Å²) in [5.41, 5.74) is 0.0796. The number of methoxy groups -OCH3 is 1. The number of halogens is 1. The Hall–Kier alpha value is -2.90. The Kier molecular flexibility index (Phi) is 4.43. The zero-order chi connectivity index (χ0) is 18.1. The molecule has 132 valence electrons. The molecule has 7 nitrogen and oxygen atoms in total. The molecule has 1 aromatic carbocycles. The minimum atomic E-state index is -0.993. The lowest BCUT2D eigenvalue weighted by atomic mass is 9.88. The lowest BCUT2D eigenvalue weighted by Gasteiger charge is -2.18. The normalized spacial score (nSPS) is 19.9. The number of carboxylic acid groups (broad SMARTS) is 1. The van der Waals surface area contributed by atoms with Gasteiger partial charge in [0.2, 0.25) is 0 Å². The van der Waals surface area contributed by atoms with Crippen LogP contribution in [0.1, 0.15) is 11.5 Å². The predicted molar refractivity (Wildman–Crippen MR) is 88.5 cm³/mol. The van der Waals surface area contributed by atoms with Crippen LogP contribution in [0.2, 0.25) is 0 Å². The van der Waals surface area contributed by atoms with Gasteiger partial charge in [0, 0.05) is 38.2 Å². The van der Waals surface area contributed by atoms with Crippen molar-refractivity contribution < 1.29 is 19.0 Å². The van der Waals surface area contributed by atoms with Gasteiger partial charge in [-0.15, -0.1) is 0 Å². The lowest BCUT2D eigenvalue weighted by Crippen LogP contribution is -2.27. The molecule has 0 bridgehead atoms. The number of carboxylic acids is 1. The highest BCUT2D eigenvalue weighted by Gasteiger charge is 2.40. The second-order valence-electron chi connectivity index (χ2n) is 6.00. The topological polar surface area (TPSA) is 84.7 Å². The van der Waals surface area contributed by atoms with Crippen LogP contribution in [-0.2, 0) is 11.8 Å². The molecule has 1 aliphatic rings. The number of ether oxygens (including phenoxy) is 1. The van der Waals surface area contributed by atoms with E-state index in [9.17, 15) is 19.1 Å². The molecule has 2 aromatic rings. The molecular weight excluding hydrogens is 329 g/mol. The van der Waals surface area contributed by atoms with Gasteiger partial charge >= 0.3 is 5.97 Å². The highest BCUT2D eigenvalue weighted by molar-refractivity contribution is 5.74. The van der Waals surface area contributed by atoms with Crippen molar-refractivity contribution in [1.29, 1.82) is 0 Å². The first-order valence-electron chi connectivity index (χ1n) is 7.76. The largest absolute Gasteiger partial charge is 0.497 e. The third kappa shape index (κ3) is 3.19. The SMILES string of the molecule is COc1ccc([C@@H]2CN(c3ccc(=O)n(C)n3)CC2C(=O)O)c(F)c1. The Labute approximate surface area is 143 Å². The molecule has 1 aromatic heterocycles. The van der Waals surface area contributed by atoms with Crippen molar-refractivity contribution >= 4 is 11.8 Å². The van der Waals surface area contributed by atoms with E-state index in [1.165, 1.54) is 31.0 Å². The fraction of sp³-hybridized carbons (Fsp3) is 0.353.